The summed E-state index contributed by atoms with van der Waals surface area (Å²) >= 11 is 0. The second kappa shape index (κ2) is 4.82. The lowest BCUT2D eigenvalue weighted by Gasteiger charge is -2.08. The summed E-state index contributed by atoms with van der Waals surface area (Å²) in [4.78, 5) is 10.6. The van der Waals surface area contributed by atoms with Crippen molar-refractivity contribution in [1.29, 1.82) is 0 Å². The Kier molecular flexibility index (Phi) is 3.82. The van der Waals surface area contributed by atoms with E-state index in [1.165, 1.54) is 0 Å². The summed E-state index contributed by atoms with van der Waals surface area (Å²) in [5.41, 5.74) is -0.235. The number of nitrogens with one attached hydrogen (secondary N) is 2. The number of amides is 1. The highest BCUT2D eigenvalue weighted by molar-refractivity contribution is 7.87. The average molecular weight is 284 g/mol. The van der Waals surface area contributed by atoms with Gasteiger partial charge in [0.05, 0.1) is 5.69 Å². The van der Waals surface area contributed by atoms with Crippen LogP contribution in [0.25, 0.3) is 0 Å². The Labute approximate surface area is 99.7 Å². The van der Waals surface area contributed by atoms with Gasteiger partial charge < -0.3 is 5.32 Å². The highest BCUT2D eigenvalue weighted by atomic mass is 32.2. The monoisotopic (exact) mass is 284 g/mol. The standard InChI is InChI=1S/C8H7F3N2O4S/c9-8(10,11)7(14)12-5-1-3-6(4-2-5)13-18(15,16)17/h1-4,13H,(H,12,14)(H,15,16,17). The summed E-state index contributed by atoms with van der Waals surface area (Å²) in [5, 5.41) is 1.57. The van der Waals surface area contributed by atoms with Crippen LogP contribution in [0.4, 0.5) is 24.5 Å². The molecular weight excluding hydrogens is 277 g/mol. The summed E-state index contributed by atoms with van der Waals surface area (Å²) < 4.78 is 66.7. The van der Waals surface area contributed by atoms with Crippen molar-refractivity contribution in [3.8, 4) is 0 Å². The molecule has 0 bridgehead atoms. The van der Waals surface area contributed by atoms with Crippen molar-refractivity contribution in [2.75, 3.05) is 10.0 Å². The molecule has 0 aromatic heterocycles. The molecule has 1 rings (SSSR count). The number of halogens is 3. The Hall–Kier alpha value is -1.81. The number of hydrogen-bond acceptors (Lipinski definition) is 3. The van der Waals surface area contributed by atoms with Crippen LogP contribution >= 0.6 is 0 Å². The minimum absolute atomic E-state index is 0.0671. The van der Waals surface area contributed by atoms with E-state index in [0.29, 0.717) is 0 Å². The Morgan fingerprint density at radius 3 is 1.94 bits per heavy atom. The van der Waals surface area contributed by atoms with Crippen molar-refractivity contribution in [3.05, 3.63) is 24.3 Å². The molecule has 1 amide bonds. The van der Waals surface area contributed by atoms with Gasteiger partial charge in [0.15, 0.2) is 0 Å². The molecule has 0 heterocycles. The number of anilines is 2. The van der Waals surface area contributed by atoms with Crippen molar-refractivity contribution in [1.82, 2.24) is 0 Å². The first-order chi connectivity index (χ1) is 8.08. The lowest BCUT2D eigenvalue weighted by Crippen LogP contribution is -2.29. The number of carbonyl (C=O) groups is 1. The van der Waals surface area contributed by atoms with Gasteiger partial charge in [-0.15, -0.1) is 0 Å². The van der Waals surface area contributed by atoms with Gasteiger partial charge in [0.1, 0.15) is 0 Å². The molecule has 0 atom stereocenters. The van der Waals surface area contributed by atoms with Crippen LogP contribution in [0.5, 0.6) is 0 Å². The summed E-state index contributed by atoms with van der Waals surface area (Å²) in [7, 11) is -4.45. The van der Waals surface area contributed by atoms with Gasteiger partial charge in [0.25, 0.3) is 0 Å². The van der Waals surface area contributed by atoms with Crippen LogP contribution < -0.4 is 10.0 Å². The van der Waals surface area contributed by atoms with Crippen LogP contribution in [0.1, 0.15) is 0 Å². The highest BCUT2D eigenvalue weighted by Crippen LogP contribution is 2.19. The van der Waals surface area contributed by atoms with E-state index < -0.39 is 22.4 Å². The fourth-order valence-corrected chi connectivity index (χ4v) is 1.41. The maximum atomic E-state index is 11.9. The maximum absolute atomic E-state index is 11.9. The third-order valence-corrected chi connectivity index (χ3v) is 2.14. The largest absolute Gasteiger partial charge is 0.471 e. The Bertz CT molecular complexity index is 538. The van der Waals surface area contributed by atoms with Gasteiger partial charge >= 0.3 is 22.4 Å². The second-order valence-corrected chi connectivity index (χ2v) is 4.26. The van der Waals surface area contributed by atoms with Crippen molar-refractivity contribution in [2.24, 2.45) is 0 Å². The van der Waals surface area contributed by atoms with E-state index in [1.54, 1.807) is 10.0 Å². The number of benzene rings is 1. The van der Waals surface area contributed by atoms with Crippen LogP contribution in [0.2, 0.25) is 0 Å². The maximum Gasteiger partial charge on any atom is 0.471 e. The lowest BCUT2D eigenvalue weighted by molar-refractivity contribution is -0.167. The molecule has 0 aliphatic heterocycles. The van der Waals surface area contributed by atoms with Crippen LogP contribution in [0.3, 0.4) is 0 Å². The molecule has 0 saturated heterocycles. The van der Waals surface area contributed by atoms with Crippen LogP contribution in [-0.2, 0) is 15.1 Å². The molecule has 0 radical (unpaired) electrons. The Morgan fingerprint density at radius 1 is 1.11 bits per heavy atom. The SMILES string of the molecule is O=C(Nc1ccc(NS(=O)(=O)O)cc1)C(F)(F)F. The number of alkyl halides is 3. The van der Waals surface area contributed by atoms with Crippen molar-refractivity contribution < 1.29 is 30.9 Å². The van der Waals surface area contributed by atoms with E-state index in [9.17, 15) is 26.4 Å². The minimum Gasteiger partial charge on any atom is -0.318 e. The summed E-state index contributed by atoms with van der Waals surface area (Å²) in [6.45, 7) is 0. The fourth-order valence-electron chi connectivity index (χ4n) is 0.972. The van der Waals surface area contributed by atoms with Gasteiger partial charge in [-0.05, 0) is 24.3 Å². The number of hydrogen-bond donors (Lipinski definition) is 3. The minimum atomic E-state index is -5.01. The van der Waals surface area contributed by atoms with E-state index in [4.69, 9.17) is 4.55 Å². The second-order valence-electron chi connectivity index (χ2n) is 3.11. The van der Waals surface area contributed by atoms with E-state index in [0.717, 1.165) is 24.3 Å². The smallest absolute Gasteiger partial charge is 0.318 e. The Balaban J connectivity index is 2.75. The predicted molar refractivity (Wildman–Crippen MR) is 56.3 cm³/mol. The van der Waals surface area contributed by atoms with Gasteiger partial charge in [0.2, 0.25) is 0 Å². The van der Waals surface area contributed by atoms with Crippen LogP contribution in [-0.4, -0.2) is 25.1 Å². The van der Waals surface area contributed by atoms with E-state index in [1.807, 2.05) is 0 Å². The fraction of sp³-hybridized carbons (Fsp3) is 0.125. The molecule has 1 aromatic carbocycles. The summed E-state index contributed by atoms with van der Waals surface area (Å²) in [6.07, 6.45) is -5.01. The van der Waals surface area contributed by atoms with Gasteiger partial charge in [0, 0.05) is 5.69 Å². The first kappa shape index (κ1) is 14.3. The molecule has 0 fully saturated rings. The molecule has 0 saturated carbocycles. The van der Waals surface area contributed by atoms with Gasteiger partial charge in [-0.25, -0.2) is 0 Å². The Morgan fingerprint density at radius 2 is 1.56 bits per heavy atom. The molecule has 0 spiro atoms. The van der Waals surface area contributed by atoms with Crippen molar-refractivity contribution in [2.45, 2.75) is 6.18 Å². The third kappa shape index (κ3) is 4.59. The van der Waals surface area contributed by atoms with Gasteiger partial charge in [-0.3, -0.25) is 14.1 Å². The first-order valence-electron chi connectivity index (χ1n) is 4.31. The zero-order chi connectivity index (χ0) is 14.0. The molecule has 10 heteroatoms. The first-order valence-corrected chi connectivity index (χ1v) is 5.75. The molecule has 1 aromatic rings. The molecule has 3 N–H and O–H groups in total. The third-order valence-electron chi connectivity index (χ3n) is 1.65. The summed E-state index contributed by atoms with van der Waals surface area (Å²) in [5.74, 6) is -2.14. The number of rotatable bonds is 3. The zero-order valence-electron chi connectivity index (χ0n) is 8.52. The molecule has 6 nitrogen and oxygen atoms in total. The van der Waals surface area contributed by atoms with E-state index >= 15 is 0 Å². The van der Waals surface area contributed by atoms with Crippen LogP contribution in [0, 0.1) is 0 Å². The molecule has 18 heavy (non-hydrogen) atoms. The molecule has 0 aliphatic rings. The van der Waals surface area contributed by atoms with Crippen LogP contribution in [0.15, 0.2) is 24.3 Å². The predicted octanol–water partition coefficient (Wildman–Crippen LogP) is 1.40. The number of carbonyl (C=O) groups excluding carboxylic acids is 1. The van der Waals surface area contributed by atoms with Gasteiger partial charge in [-0.2, -0.15) is 21.6 Å². The average Bonchev–Trinajstić information content (AvgIpc) is 2.17. The molecule has 0 unspecified atom stereocenters. The quantitative estimate of drug-likeness (QED) is 0.731. The molecular formula is C8H7F3N2O4S. The summed E-state index contributed by atoms with van der Waals surface area (Å²) in [6, 6.07) is 4.22. The molecule has 100 valence electrons. The topological polar surface area (TPSA) is 95.5 Å². The lowest BCUT2D eigenvalue weighted by atomic mass is 10.3. The zero-order valence-corrected chi connectivity index (χ0v) is 9.34. The van der Waals surface area contributed by atoms with Crippen molar-refractivity contribution >= 4 is 27.6 Å². The van der Waals surface area contributed by atoms with E-state index in [2.05, 4.69) is 0 Å². The molecule has 0 aliphatic carbocycles. The van der Waals surface area contributed by atoms with Crippen molar-refractivity contribution in [3.63, 3.8) is 0 Å². The van der Waals surface area contributed by atoms with E-state index in [-0.39, 0.29) is 11.4 Å². The normalized spacial score (nSPS) is 12.0. The highest BCUT2D eigenvalue weighted by Gasteiger charge is 2.38. The van der Waals surface area contributed by atoms with Gasteiger partial charge in [-0.1, -0.05) is 0 Å².